The molecular weight excluding hydrogens is 388 g/mol. The van der Waals surface area contributed by atoms with Crippen molar-refractivity contribution in [3.63, 3.8) is 0 Å². The van der Waals surface area contributed by atoms with Crippen LogP contribution in [0.15, 0.2) is 48.5 Å². The van der Waals surface area contributed by atoms with E-state index in [0.29, 0.717) is 16.5 Å². The van der Waals surface area contributed by atoms with Gasteiger partial charge in [0.1, 0.15) is 13.1 Å². The van der Waals surface area contributed by atoms with Gasteiger partial charge in [0.2, 0.25) is 11.7 Å². The van der Waals surface area contributed by atoms with E-state index >= 15 is 0 Å². The van der Waals surface area contributed by atoms with Crippen LogP contribution in [-0.2, 0) is 17.9 Å². The Labute approximate surface area is 174 Å². The molecule has 4 rings (SSSR count). The first kappa shape index (κ1) is 19.5. The highest BCUT2D eigenvalue weighted by Crippen LogP contribution is 2.15. The van der Waals surface area contributed by atoms with E-state index in [1.807, 2.05) is 12.1 Å². The Balaban J connectivity index is 1.34. The summed E-state index contributed by atoms with van der Waals surface area (Å²) in [4.78, 5) is 15.1. The smallest absolute Gasteiger partial charge is 0.248 e. The summed E-state index contributed by atoms with van der Waals surface area (Å²) >= 11 is 5.85. The summed E-state index contributed by atoms with van der Waals surface area (Å²) in [7, 11) is 0. The zero-order valence-corrected chi connectivity index (χ0v) is 16.9. The molecule has 2 aromatic carbocycles. The SMILES string of the molecule is O=C(Cn1nnc(-c2ccc(C[NH+]3CCCCC3)cc2)n1)Nc1ccc(Cl)cc1. The molecule has 1 aliphatic heterocycles. The summed E-state index contributed by atoms with van der Waals surface area (Å²) in [5.41, 5.74) is 2.89. The van der Waals surface area contributed by atoms with Gasteiger partial charge in [0.05, 0.1) is 13.1 Å². The van der Waals surface area contributed by atoms with Gasteiger partial charge < -0.3 is 10.2 Å². The molecule has 8 heteroatoms. The molecule has 2 N–H and O–H groups in total. The number of piperidine rings is 1. The van der Waals surface area contributed by atoms with Crippen LogP contribution in [0.25, 0.3) is 11.4 Å². The Morgan fingerprint density at radius 1 is 1.03 bits per heavy atom. The maximum atomic E-state index is 12.2. The van der Waals surface area contributed by atoms with Crippen LogP contribution >= 0.6 is 11.6 Å². The van der Waals surface area contributed by atoms with E-state index in [1.54, 1.807) is 29.2 Å². The lowest BCUT2D eigenvalue weighted by atomic mass is 10.1. The largest absolute Gasteiger partial charge is 0.331 e. The van der Waals surface area contributed by atoms with Crippen molar-refractivity contribution in [3.05, 3.63) is 59.1 Å². The lowest BCUT2D eigenvalue weighted by molar-refractivity contribution is -0.918. The van der Waals surface area contributed by atoms with Crippen molar-refractivity contribution >= 4 is 23.2 Å². The summed E-state index contributed by atoms with van der Waals surface area (Å²) in [5, 5.41) is 15.8. The maximum Gasteiger partial charge on any atom is 0.248 e. The molecule has 0 atom stereocenters. The van der Waals surface area contributed by atoms with Crippen molar-refractivity contribution in [3.8, 4) is 11.4 Å². The second kappa shape index (κ2) is 9.15. The Kier molecular flexibility index (Phi) is 6.17. The number of nitrogens with zero attached hydrogens (tertiary/aromatic N) is 4. The number of rotatable bonds is 6. The summed E-state index contributed by atoms with van der Waals surface area (Å²) in [6, 6.07) is 15.2. The lowest BCUT2D eigenvalue weighted by Crippen LogP contribution is -3.11. The average molecular weight is 412 g/mol. The van der Waals surface area contributed by atoms with Crippen molar-refractivity contribution in [2.75, 3.05) is 18.4 Å². The first-order valence-electron chi connectivity index (χ1n) is 9.92. The second-order valence-electron chi connectivity index (χ2n) is 7.38. The van der Waals surface area contributed by atoms with Crippen molar-refractivity contribution in [1.29, 1.82) is 0 Å². The molecule has 1 fully saturated rings. The monoisotopic (exact) mass is 411 g/mol. The zero-order valence-electron chi connectivity index (χ0n) is 16.1. The molecule has 29 heavy (non-hydrogen) atoms. The van der Waals surface area contributed by atoms with Crippen LogP contribution in [0.1, 0.15) is 24.8 Å². The van der Waals surface area contributed by atoms with Crippen molar-refractivity contribution in [1.82, 2.24) is 20.2 Å². The number of carbonyl (C=O) groups excluding carboxylic acids is 1. The second-order valence-corrected chi connectivity index (χ2v) is 7.82. The fourth-order valence-electron chi connectivity index (χ4n) is 3.58. The van der Waals surface area contributed by atoms with Gasteiger partial charge in [0, 0.05) is 21.8 Å². The summed E-state index contributed by atoms with van der Waals surface area (Å²) in [5.74, 6) is 0.289. The fourth-order valence-corrected chi connectivity index (χ4v) is 3.70. The molecule has 0 saturated carbocycles. The van der Waals surface area contributed by atoms with Gasteiger partial charge in [-0.1, -0.05) is 35.9 Å². The van der Waals surface area contributed by atoms with Gasteiger partial charge in [-0.3, -0.25) is 4.79 Å². The van der Waals surface area contributed by atoms with E-state index in [-0.39, 0.29) is 12.5 Å². The maximum absolute atomic E-state index is 12.2. The molecule has 0 radical (unpaired) electrons. The highest BCUT2D eigenvalue weighted by atomic mass is 35.5. The molecule has 7 nitrogen and oxygen atoms in total. The van der Waals surface area contributed by atoms with E-state index in [4.69, 9.17) is 11.6 Å². The minimum absolute atomic E-state index is 0.00791. The minimum atomic E-state index is -0.226. The van der Waals surface area contributed by atoms with Crippen LogP contribution in [0, 0.1) is 0 Å². The third-order valence-electron chi connectivity index (χ3n) is 5.09. The van der Waals surface area contributed by atoms with E-state index in [1.165, 1.54) is 42.7 Å². The first-order chi connectivity index (χ1) is 14.2. The number of hydrogen-bond acceptors (Lipinski definition) is 4. The molecule has 0 spiro atoms. The van der Waals surface area contributed by atoms with E-state index in [9.17, 15) is 4.79 Å². The van der Waals surface area contributed by atoms with E-state index < -0.39 is 0 Å². The number of anilines is 1. The van der Waals surface area contributed by atoms with E-state index in [0.717, 1.165) is 12.1 Å². The number of halogens is 1. The standard InChI is InChI=1S/C21H23ClN6O/c22-18-8-10-19(11-9-18)23-20(29)15-28-25-21(24-26-28)17-6-4-16(5-7-17)14-27-12-2-1-3-13-27/h4-11H,1-3,12-15H2,(H,23,29)/p+1. The third kappa shape index (κ3) is 5.40. The number of carbonyl (C=O) groups is 1. The zero-order chi connectivity index (χ0) is 20.1. The van der Waals surface area contributed by atoms with Gasteiger partial charge >= 0.3 is 0 Å². The minimum Gasteiger partial charge on any atom is -0.331 e. The number of amides is 1. The number of benzene rings is 2. The van der Waals surface area contributed by atoms with Crippen molar-refractivity contribution < 1.29 is 9.69 Å². The van der Waals surface area contributed by atoms with Crippen molar-refractivity contribution in [2.45, 2.75) is 32.4 Å². The highest BCUT2D eigenvalue weighted by molar-refractivity contribution is 6.30. The van der Waals surface area contributed by atoms with Gasteiger partial charge in [-0.05, 0) is 48.7 Å². The van der Waals surface area contributed by atoms with Gasteiger partial charge in [-0.2, -0.15) is 4.80 Å². The number of nitrogens with one attached hydrogen (secondary N) is 2. The summed E-state index contributed by atoms with van der Waals surface area (Å²) < 4.78 is 0. The van der Waals surface area contributed by atoms with Crippen LogP contribution < -0.4 is 10.2 Å². The molecule has 1 aromatic heterocycles. The molecule has 150 valence electrons. The Morgan fingerprint density at radius 3 is 2.48 bits per heavy atom. The van der Waals surface area contributed by atoms with Crippen LogP contribution in [0.5, 0.6) is 0 Å². The molecule has 1 amide bonds. The predicted molar refractivity (Wildman–Crippen MR) is 112 cm³/mol. The first-order valence-corrected chi connectivity index (χ1v) is 10.3. The van der Waals surface area contributed by atoms with E-state index in [2.05, 4.69) is 32.9 Å². The number of hydrogen-bond donors (Lipinski definition) is 2. The third-order valence-corrected chi connectivity index (χ3v) is 5.34. The molecule has 0 unspecified atom stereocenters. The summed E-state index contributed by atoms with van der Waals surface area (Å²) in [6.45, 7) is 3.57. The normalized spacial score (nSPS) is 14.7. The quantitative estimate of drug-likeness (QED) is 0.652. The van der Waals surface area contributed by atoms with Crippen LogP contribution in [-0.4, -0.2) is 39.2 Å². The predicted octanol–water partition coefficient (Wildman–Crippen LogP) is 2.20. The molecular formula is C21H24ClN6O+. The molecule has 1 aliphatic rings. The van der Waals surface area contributed by atoms with Gasteiger partial charge in [-0.25, -0.2) is 0 Å². The number of tetrazole rings is 1. The fraction of sp³-hybridized carbons (Fsp3) is 0.333. The van der Waals surface area contributed by atoms with Crippen LogP contribution in [0.4, 0.5) is 5.69 Å². The Morgan fingerprint density at radius 2 is 1.76 bits per heavy atom. The van der Waals surface area contributed by atoms with Gasteiger partial charge in [0.15, 0.2) is 0 Å². The lowest BCUT2D eigenvalue weighted by Gasteiger charge is -2.23. The Hall–Kier alpha value is -2.77. The molecule has 0 aliphatic carbocycles. The average Bonchev–Trinajstić information content (AvgIpc) is 3.19. The molecule has 1 saturated heterocycles. The van der Waals surface area contributed by atoms with Crippen molar-refractivity contribution in [2.24, 2.45) is 0 Å². The molecule has 0 bridgehead atoms. The van der Waals surface area contributed by atoms with Gasteiger partial charge in [-0.15, -0.1) is 10.2 Å². The van der Waals surface area contributed by atoms with Gasteiger partial charge in [0.25, 0.3) is 0 Å². The molecule has 3 aromatic rings. The number of quaternary nitrogens is 1. The van der Waals surface area contributed by atoms with Crippen LogP contribution in [0.3, 0.4) is 0 Å². The number of likely N-dealkylation sites (tertiary alicyclic amines) is 1. The summed E-state index contributed by atoms with van der Waals surface area (Å²) in [6.07, 6.45) is 4.01. The van der Waals surface area contributed by atoms with Crippen LogP contribution in [0.2, 0.25) is 5.02 Å². The Bertz CT molecular complexity index is 948. The molecule has 2 heterocycles. The highest BCUT2D eigenvalue weighted by Gasteiger charge is 2.14. The topological polar surface area (TPSA) is 77.1 Å². The number of aromatic nitrogens is 4.